The lowest BCUT2D eigenvalue weighted by molar-refractivity contribution is 0.0538. The summed E-state index contributed by atoms with van der Waals surface area (Å²) in [4.78, 5) is 0. The van der Waals surface area contributed by atoms with Crippen LogP contribution < -0.4 is 5.73 Å². The highest BCUT2D eigenvalue weighted by Gasteiger charge is 2.19. The lowest BCUT2D eigenvalue weighted by Gasteiger charge is -2.22. The Labute approximate surface area is 84.2 Å². The molecule has 3 heteroatoms. The zero-order chi connectivity index (χ0) is 10.6. The van der Waals surface area contributed by atoms with Gasteiger partial charge in [-0.05, 0) is 37.6 Å². The van der Waals surface area contributed by atoms with E-state index in [1.807, 2.05) is 6.07 Å². The highest BCUT2D eigenvalue weighted by Crippen LogP contribution is 2.19. The minimum atomic E-state index is -0.789. The van der Waals surface area contributed by atoms with Crippen LogP contribution in [0.2, 0.25) is 0 Å². The van der Waals surface area contributed by atoms with E-state index in [9.17, 15) is 10.2 Å². The molecule has 0 heterocycles. The van der Waals surface area contributed by atoms with E-state index in [-0.39, 0.29) is 5.75 Å². The van der Waals surface area contributed by atoms with Gasteiger partial charge in [-0.1, -0.05) is 12.1 Å². The van der Waals surface area contributed by atoms with Gasteiger partial charge in [0.1, 0.15) is 5.75 Å². The van der Waals surface area contributed by atoms with E-state index in [0.29, 0.717) is 19.4 Å². The molecule has 78 valence electrons. The predicted octanol–water partition coefficient (Wildman–Crippen LogP) is 1.03. The van der Waals surface area contributed by atoms with Gasteiger partial charge in [0, 0.05) is 6.42 Å². The van der Waals surface area contributed by atoms with Gasteiger partial charge < -0.3 is 15.9 Å². The van der Waals surface area contributed by atoms with Crippen molar-refractivity contribution in [1.82, 2.24) is 0 Å². The molecule has 1 rings (SSSR count). The molecule has 1 unspecified atom stereocenters. The van der Waals surface area contributed by atoms with Crippen molar-refractivity contribution in [2.45, 2.75) is 25.4 Å². The van der Waals surface area contributed by atoms with Gasteiger partial charge in [0.2, 0.25) is 0 Å². The van der Waals surface area contributed by atoms with Crippen molar-refractivity contribution in [1.29, 1.82) is 0 Å². The van der Waals surface area contributed by atoms with Gasteiger partial charge in [0.25, 0.3) is 0 Å². The third kappa shape index (κ3) is 3.36. The molecular weight excluding hydrogens is 178 g/mol. The van der Waals surface area contributed by atoms with Crippen molar-refractivity contribution >= 4 is 0 Å². The maximum absolute atomic E-state index is 9.90. The number of aliphatic hydroxyl groups is 1. The molecule has 0 aliphatic carbocycles. The Balaban J connectivity index is 2.68. The summed E-state index contributed by atoms with van der Waals surface area (Å²) < 4.78 is 0. The second-order valence-electron chi connectivity index (χ2n) is 3.88. The zero-order valence-electron chi connectivity index (χ0n) is 8.40. The summed E-state index contributed by atoms with van der Waals surface area (Å²) in [5.41, 5.74) is 5.52. The van der Waals surface area contributed by atoms with Gasteiger partial charge in [-0.15, -0.1) is 0 Å². The highest BCUT2D eigenvalue weighted by molar-refractivity contribution is 5.28. The average molecular weight is 195 g/mol. The van der Waals surface area contributed by atoms with Crippen LogP contribution in [0.25, 0.3) is 0 Å². The number of phenolic OH excluding ortho intramolecular Hbond substituents is 1. The molecule has 0 bridgehead atoms. The quantitative estimate of drug-likeness (QED) is 0.672. The van der Waals surface area contributed by atoms with E-state index in [0.717, 1.165) is 5.56 Å². The number of nitrogens with two attached hydrogens (primary N) is 1. The molecule has 0 radical (unpaired) electrons. The Morgan fingerprint density at radius 1 is 1.43 bits per heavy atom. The summed E-state index contributed by atoms with van der Waals surface area (Å²) in [6.45, 7) is 2.22. The number of hydrogen-bond donors (Lipinski definition) is 3. The number of phenols is 1. The van der Waals surface area contributed by atoms with Crippen LogP contribution in [-0.4, -0.2) is 22.4 Å². The standard InChI is InChI=1S/C11H17NO2/c1-11(14,5-6-12)8-9-3-2-4-10(13)7-9/h2-4,7,13-14H,5-6,8,12H2,1H3. The van der Waals surface area contributed by atoms with Crippen LogP contribution in [-0.2, 0) is 6.42 Å². The highest BCUT2D eigenvalue weighted by atomic mass is 16.3. The fourth-order valence-electron chi connectivity index (χ4n) is 1.51. The molecule has 1 atom stereocenters. The van der Waals surface area contributed by atoms with Crippen LogP contribution in [0, 0.1) is 0 Å². The summed E-state index contributed by atoms with van der Waals surface area (Å²) in [5.74, 6) is 0.228. The fraction of sp³-hybridized carbons (Fsp3) is 0.455. The molecule has 1 aromatic rings. The number of benzene rings is 1. The van der Waals surface area contributed by atoms with Crippen molar-refractivity contribution in [3.8, 4) is 5.75 Å². The third-order valence-electron chi connectivity index (χ3n) is 2.18. The number of hydrogen-bond acceptors (Lipinski definition) is 3. The summed E-state index contributed by atoms with van der Waals surface area (Å²) in [6, 6.07) is 6.92. The summed E-state index contributed by atoms with van der Waals surface area (Å²) in [7, 11) is 0. The van der Waals surface area contributed by atoms with E-state index < -0.39 is 5.60 Å². The minimum Gasteiger partial charge on any atom is -0.508 e. The summed E-state index contributed by atoms with van der Waals surface area (Å²) in [5, 5.41) is 19.1. The van der Waals surface area contributed by atoms with Gasteiger partial charge >= 0.3 is 0 Å². The number of aromatic hydroxyl groups is 1. The lowest BCUT2D eigenvalue weighted by atomic mass is 9.93. The van der Waals surface area contributed by atoms with Crippen LogP contribution in [0.3, 0.4) is 0 Å². The van der Waals surface area contributed by atoms with Crippen molar-refractivity contribution in [2.24, 2.45) is 5.73 Å². The molecule has 0 aliphatic rings. The first kappa shape index (κ1) is 11.0. The molecule has 0 saturated carbocycles. The first-order valence-electron chi connectivity index (χ1n) is 4.74. The largest absolute Gasteiger partial charge is 0.508 e. The molecule has 14 heavy (non-hydrogen) atoms. The number of rotatable bonds is 4. The predicted molar refractivity (Wildman–Crippen MR) is 56.1 cm³/mol. The Morgan fingerprint density at radius 2 is 2.14 bits per heavy atom. The van der Waals surface area contributed by atoms with E-state index in [2.05, 4.69) is 0 Å². The summed E-state index contributed by atoms with van der Waals surface area (Å²) in [6.07, 6.45) is 1.07. The monoisotopic (exact) mass is 195 g/mol. The second-order valence-corrected chi connectivity index (χ2v) is 3.88. The van der Waals surface area contributed by atoms with Crippen LogP contribution in [0.4, 0.5) is 0 Å². The topological polar surface area (TPSA) is 66.5 Å². The third-order valence-corrected chi connectivity index (χ3v) is 2.18. The van der Waals surface area contributed by atoms with Gasteiger partial charge in [-0.3, -0.25) is 0 Å². The molecule has 0 fully saturated rings. The van der Waals surface area contributed by atoms with Gasteiger partial charge in [-0.25, -0.2) is 0 Å². The van der Waals surface area contributed by atoms with Crippen LogP contribution >= 0.6 is 0 Å². The Bertz CT molecular complexity index is 297. The maximum Gasteiger partial charge on any atom is 0.115 e. The normalized spacial score (nSPS) is 15.1. The maximum atomic E-state index is 9.90. The van der Waals surface area contributed by atoms with Gasteiger partial charge in [-0.2, -0.15) is 0 Å². The van der Waals surface area contributed by atoms with Crippen LogP contribution in [0.5, 0.6) is 5.75 Å². The lowest BCUT2D eigenvalue weighted by Crippen LogP contribution is -2.30. The smallest absolute Gasteiger partial charge is 0.115 e. The van der Waals surface area contributed by atoms with Crippen molar-refractivity contribution in [3.63, 3.8) is 0 Å². The van der Waals surface area contributed by atoms with Crippen molar-refractivity contribution in [2.75, 3.05) is 6.54 Å². The molecule has 0 saturated heterocycles. The molecule has 0 aliphatic heterocycles. The molecule has 1 aromatic carbocycles. The second kappa shape index (κ2) is 4.44. The average Bonchev–Trinajstić information content (AvgIpc) is 2.02. The first-order valence-corrected chi connectivity index (χ1v) is 4.74. The van der Waals surface area contributed by atoms with Crippen LogP contribution in [0.1, 0.15) is 18.9 Å². The zero-order valence-corrected chi connectivity index (χ0v) is 8.40. The molecule has 0 spiro atoms. The van der Waals surface area contributed by atoms with Gasteiger partial charge in [0.05, 0.1) is 5.60 Å². The molecule has 0 amide bonds. The van der Waals surface area contributed by atoms with E-state index in [4.69, 9.17) is 5.73 Å². The Hall–Kier alpha value is -1.06. The first-order chi connectivity index (χ1) is 6.53. The van der Waals surface area contributed by atoms with Crippen molar-refractivity contribution in [3.05, 3.63) is 29.8 Å². The van der Waals surface area contributed by atoms with Crippen LogP contribution in [0.15, 0.2) is 24.3 Å². The Morgan fingerprint density at radius 3 is 2.71 bits per heavy atom. The Kier molecular flexibility index (Phi) is 3.49. The molecule has 3 nitrogen and oxygen atoms in total. The molecular formula is C11H17NO2. The van der Waals surface area contributed by atoms with Gasteiger partial charge in [0.15, 0.2) is 0 Å². The molecule has 4 N–H and O–H groups in total. The fourth-order valence-corrected chi connectivity index (χ4v) is 1.51. The SMILES string of the molecule is CC(O)(CCN)Cc1cccc(O)c1. The minimum absolute atomic E-state index is 0.228. The van der Waals surface area contributed by atoms with Crippen molar-refractivity contribution < 1.29 is 10.2 Å². The summed E-state index contributed by atoms with van der Waals surface area (Å²) >= 11 is 0. The van der Waals surface area contributed by atoms with E-state index in [1.165, 1.54) is 0 Å². The van der Waals surface area contributed by atoms with E-state index in [1.54, 1.807) is 25.1 Å². The molecule has 0 aromatic heterocycles. The van der Waals surface area contributed by atoms with E-state index >= 15 is 0 Å².